The number of aryl methyl sites for hydroxylation is 2. The van der Waals surface area contributed by atoms with Crippen molar-refractivity contribution in [3.8, 4) is 11.3 Å². The minimum Gasteiger partial charge on any atom is -0.355 e. The number of hydrogen-bond acceptors (Lipinski definition) is 5. The monoisotopic (exact) mass is 457 g/mol. The van der Waals surface area contributed by atoms with Gasteiger partial charge >= 0.3 is 0 Å². The highest BCUT2D eigenvalue weighted by Gasteiger charge is 2.30. The molecule has 0 N–H and O–H groups in total. The van der Waals surface area contributed by atoms with Crippen LogP contribution in [0.3, 0.4) is 0 Å². The molecule has 0 saturated carbocycles. The van der Waals surface area contributed by atoms with Crippen molar-refractivity contribution in [1.29, 1.82) is 0 Å². The van der Waals surface area contributed by atoms with Crippen molar-refractivity contribution in [2.24, 2.45) is 0 Å². The molecule has 5 rings (SSSR count). The largest absolute Gasteiger partial charge is 0.355 e. The van der Waals surface area contributed by atoms with E-state index in [-0.39, 0.29) is 0 Å². The first-order chi connectivity index (χ1) is 16.6. The van der Waals surface area contributed by atoms with Gasteiger partial charge in [0.1, 0.15) is 12.1 Å². The van der Waals surface area contributed by atoms with Crippen LogP contribution >= 0.6 is 0 Å². The number of nitrogens with zero attached hydrogens (tertiary/aromatic N) is 5. The van der Waals surface area contributed by atoms with E-state index in [0.29, 0.717) is 6.04 Å². The van der Waals surface area contributed by atoms with Crippen LogP contribution in [0.15, 0.2) is 60.9 Å². The number of anilines is 1. The summed E-state index contributed by atoms with van der Waals surface area (Å²) in [4.78, 5) is 16.8. The van der Waals surface area contributed by atoms with Crippen LogP contribution in [0.5, 0.6) is 0 Å². The molecule has 2 aliphatic heterocycles. The molecule has 3 aromatic rings. The highest BCUT2D eigenvalue weighted by atomic mass is 15.3. The molecule has 0 amide bonds. The van der Waals surface area contributed by atoms with Crippen LogP contribution in [0.2, 0.25) is 0 Å². The van der Waals surface area contributed by atoms with Crippen molar-refractivity contribution in [2.75, 3.05) is 44.2 Å². The van der Waals surface area contributed by atoms with Gasteiger partial charge in [0.2, 0.25) is 0 Å². The Labute approximate surface area is 205 Å². The Balaban J connectivity index is 0.00000133. The van der Waals surface area contributed by atoms with Gasteiger partial charge in [0.25, 0.3) is 0 Å². The summed E-state index contributed by atoms with van der Waals surface area (Å²) in [6, 6.07) is 20.3. The zero-order valence-electron chi connectivity index (χ0n) is 21.2. The van der Waals surface area contributed by atoms with Crippen LogP contribution in [-0.4, -0.2) is 65.1 Å². The van der Waals surface area contributed by atoms with Crippen LogP contribution in [0.25, 0.3) is 11.3 Å². The lowest BCUT2D eigenvalue weighted by Crippen LogP contribution is -2.50. The van der Waals surface area contributed by atoms with E-state index in [1.807, 2.05) is 13.8 Å². The van der Waals surface area contributed by atoms with Crippen molar-refractivity contribution in [2.45, 2.75) is 46.7 Å². The van der Waals surface area contributed by atoms with E-state index >= 15 is 0 Å². The summed E-state index contributed by atoms with van der Waals surface area (Å²) < 4.78 is 0. The Morgan fingerprint density at radius 2 is 1.44 bits per heavy atom. The summed E-state index contributed by atoms with van der Waals surface area (Å²) in [5, 5.41) is 0. The zero-order chi connectivity index (χ0) is 23.9. The smallest absolute Gasteiger partial charge is 0.132 e. The van der Waals surface area contributed by atoms with Crippen molar-refractivity contribution < 1.29 is 0 Å². The molecule has 2 aliphatic rings. The third-order valence-electron chi connectivity index (χ3n) is 6.94. The number of hydrogen-bond donors (Lipinski definition) is 0. The average molecular weight is 458 g/mol. The normalized spacial score (nSPS) is 19.1. The van der Waals surface area contributed by atoms with Crippen molar-refractivity contribution in [3.63, 3.8) is 0 Å². The standard InChI is InChI=1S/C27H33N5.C2H6/c1-21-3-7-23(8-4-21)18-30-13-15-31(16-14-30)25-11-12-32(19-25)27-17-26(28-20-29-27)24-9-5-22(2)6-10-24;1-2/h3-10,17,20,25H,11-16,18-19H2,1-2H3;1-2H3. The molecular formula is C29H39N5. The third-order valence-corrected chi connectivity index (χ3v) is 6.94. The molecule has 0 aliphatic carbocycles. The Bertz CT molecular complexity index is 1020. The fraction of sp³-hybridized carbons (Fsp3) is 0.448. The maximum Gasteiger partial charge on any atom is 0.132 e. The second-order valence-corrected chi connectivity index (χ2v) is 9.31. The summed E-state index contributed by atoms with van der Waals surface area (Å²) in [6.45, 7) is 16.1. The van der Waals surface area contributed by atoms with E-state index in [0.717, 1.165) is 62.9 Å². The molecule has 2 saturated heterocycles. The fourth-order valence-corrected chi connectivity index (χ4v) is 4.89. The van der Waals surface area contributed by atoms with E-state index in [2.05, 4.69) is 93.1 Å². The lowest BCUT2D eigenvalue weighted by Gasteiger charge is -2.38. The molecule has 2 aromatic carbocycles. The first kappa shape index (κ1) is 24.4. The molecule has 5 nitrogen and oxygen atoms in total. The second-order valence-electron chi connectivity index (χ2n) is 9.31. The van der Waals surface area contributed by atoms with Crippen LogP contribution < -0.4 is 4.90 Å². The maximum absolute atomic E-state index is 4.60. The van der Waals surface area contributed by atoms with Crippen LogP contribution in [0.4, 0.5) is 5.82 Å². The van der Waals surface area contributed by atoms with Crippen molar-refractivity contribution >= 4 is 5.82 Å². The number of rotatable bonds is 5. The van der Waals surface area contributed by atoms with Gasteiger partial charge in [-0.1, -0.05) is 73.5 Å². The predicted octanol–water partition coefficient (Wildman–Crippen LogP) is 5.18. The lowest BCUT2D eigenvalue weighted by atomic mass is 10.1. The van der Waals surface area contributed by atoms with Gasteiger partial charge in [0.15, 0.2) is 0 Å². The van der Waals surface area contributed by atoms with Gasteiger partial charge in [-0.2, -0.15) is 0 Å². The summed E-state index contributed by atoms with van der Waals surface area (Å²) in [5.74, 6) is 1.05. The van der Waals surface area contributed by atoms with E-state index in [9.17, 15) is 0 Å². The Morgan fingerprint density at radius 3 is 2.12 bits per heavy atom. The van der Waals surface area contributed by atoms with E-state index in [1.165, 1.54) is 23.1 Å². The van der Waals surface area contributed by atoms with Gasteiger partial charge in [-0.05, 0) is 25.8 Å². The Morgan fingerprint density at radius 1 is 0.794 bits per heavy atom. The van der Waals surface area contributed by atoms with E-state index in [4.69, 9.17) is 0 Å². The predicted molar refractivity (Wildman–Crippen MR) is 142 cm³/mol. The highest BCUT2D eigenvalue weighted by Crippen LogP contribution is 2.26. The van der Waals surface area contributed by atoms with E-state index < -0.39 is 0 Å². The molecule has 0 radical (unpaired) electrons. The van der Waals surface area contributed by atoms with Crippen molar-refractivity contribution in [1.82, 2.24) is 19.8 Å². The average Bonchev–Trinajstić information content (AvgIpc) is 3.38. The third kappa shape index (κ3) is 6.02. The topological polar surface area (TPSA) is 35.5 Å². The quantitative estimate of drug-likeness (QED) is 0.527. The molecule has 180 valence electrons. The second kappa shape index (κ2) is 11.6. The number of benzene rings is 2. The van der Waals surface area contributed by atoms with Gasteiger partial charge in [-0.3, -0.25) is 9.80 Å². The van der Waals surface area contributed by atoms with Gasteiger partial charge < -0.3 is 4.90 Å². The summed E-state index contributed by atoms with van der Waals surface area (Å²) in [7, 11) is 0. The maximum atomic E-state index is 4.60. The summed E-state index contributed by atoms with van der Waals surface area (Å²) >= 11 is 0. The molecule has 3 heterocycles. The zero-order valence-corrected chi connectivity index (χ0v) is 21.2. The first-order valence-corrected chi connectivity index (χ1v) is 12.8. The first-order valence-electron chi connectivity index (χ1n) is 12.8. The van der Waals surface area contributed by atoms with Gasteiger partial charge in [-0.15, -0.1) is 0 Å². The number of aromatic nitrogens is 2. The fourth-order valence-electron chi connectivity index (χ4n) is 4.89. The molecule has 1 aromatic heterocycles. The lowest BCUT2D eigenvalue weighted by molar-refractivity contribution is 0.0987. The van der Waals surface area contributed by atoms with Gasteiger partial charge in [0, 0.05) is 63.5 Å². The minimum atomic E-state index is 0.620. The number of piperazine rings is 1. The molecule has 34 heavy (non-hydrogen) atoms. The highest BCUT2D eigenvalue weighted by molar-refractivity contribution is 5.63. The molecule has 1 atom stereocenters. The Kier molecular flexibility index (Phi) is 8.30. The van der Waals surface area contributed by atoms with Gasteiger partial charge in [0.05, 0.1) is 5.69 Å². The van der Waals surface area contributed by atoms with Crippen LogP contribution in [-0.2, 0) is 6.54 Å². The van der Waals surface area contributed by atoms with Gasteiger partial charge in [-0.25, -0.2) is 9.97 Å². The molecule has 2 fully saturated rings. The molecule has 5 heteroatoms. The minimum absolute atomic E-state index is 0.620. The van der Waals surface area contributed by atoms with Crippen molar-refractivity contribution in [3.05, 3.63) is 77.6 Å². The SMILES string of the molecule is CC.Cc1ccc(CN2CCN(C3CCN(c4cc(-c5ccc(C)cc5)ncn4)C3)CC2)cc1. The molecule has 1 unspecified atom stereocenters. The molecular weight excluding hydrogens is 418 g/mol. The molecule has 0 spiro atoms. The summed E-state index contributed by atoms with van der Waals surface area (Å²) in [5.41, 5.74) is 6.18. The molecule has 0 bridgehead atoms. The Hall–Kier alpha value is -2.76. The summed E-state index contributed by atoms with van der Waals surface area (Å²) in [6.07, 6.45) is 2.92. The van der Waals surface area contributed by atoms with Crippen LogP contribution in [0.1, 0.15) is 37.0 Å². The van der Waals surface area contributed by atoms with E-state index in [1.54, 1.807) is 6.33 Å². The van der Waals surface area contributed by atoms with Crippen LogP contribution in [0, 0.1) is 13.8 Å².